The first-order valence-corrected chi connectivity index (χ1v) is 8.86. The van der Waals surface area contributed by atoms with Crippen LogP contribution in [0, 0.1) is 0 Å². The second kappa shape index (κ2) is 10.3. The van der Waals surface area contributed by atoms with Gasteiger partial charge in [0.1, 0.15) is 12.1 Å². The first-order valence-electron chi connectivity index (χ1n) is 8.10. The number of benzene rings is 2. The largest absolute Gasteiger partial charge is 0.507 e. The smallest absolute Gasteiger partial charge is 0.434 e. The van der Waals surface area contributed by atoms with E-state index >= 15 is 0 Å². The number of ether oxygens (including phenoxy) is 2. The summed E-state index contributed by atoms with van der Waals surface area (Å²) in [5.74, 6) is -0.890. The Morgan fingerprint density at radius 1 is 1.10 bits per heavy atom. The van der Waals surface area contributed by atoms with E-state index in [-0.39, 0.29) is 32.7 Å². The average molecular weight is 455 g/mol. The van der Waals surface area contributed by atoms with Crippen molar-refractivity contribution in [3.8, 4) is 5.75 Å². The molecule has 3 amide bonds. The Balaban J connectivity index is 2.27. The van der Waals surface area contributed by atoms with Gasteiger partial charge in [0.05, 0.1) is 36.2 Å². The molecule has 0 radical (unpaired) electrons. The summed E-state index contributed by atoms with van der Waals surface area (Å²) in [4.78, 5) is 38.7. The molecule has 0 atom stereocenters. The second-order valence-electron chi connectivity index (χ2n) is 5.47. The molecule has 0 aromatic heterocycles. The van der Waals surface area contributed by atoms with Gasteiger partial charge in [-0.05, 0) is 36.4 Å². The molecular formula is C18H16Cl2N4O6. The van der Waals surface area contributed by atoms with Crippen molar-refractivity contribution < 1.29 is 29.0 Å². The van der Waals surface area contributed by atoms with Crippen LogP contribution in [0.15, 0.2) is 41.4 Å². The zero-order valence-corrected chi connectivity index (χ0v) is 17.2. The van der Waals surface area contributed by atoms with Crippen LogP contribution in [0.2, 0.25) is 10.0 Å². The molecule has 3 N–H and O–H groups in total. The predicted molar refractivity (Wildman–Crippen MR) is 111 cm³/mol. The number of nitrogens with zero attached hydrogens (tertiary/aromatic N) is 2. The van der Waals surface area contributed by atoms with Crippen molar-refractivity contribution in [3.05, 3.63) is 52.0 Å². The summed E-state index contributed by atoms with van der Waals surface area (Å²) >= 11 is 12.1. The number of carbonyl (C=O) groups is 3. The normalized spacial score (nSPS) is 10.4. The third-order valence-corrected chi connectivity index (χ3v) is 4.08. The Morgan fingerprint density at radius 2 is 1.83 bits per heavy atom. The number of hydrogen-bond donors (Lipinski definition) is 3. The first kappa shape index (κ1) is 22.8. The van der Waals surface area contributed by atoms with Gasteiger partial charge in [0.15, 0.2) is 0 Å². The predicted octanol–water partition coefficient (Wildman–Crippen LogP) is 3.82. The fraction of sp³-hybridized carbons (Fsp3) is 0.111. The average Bonchev–Trinajstić information content (AvgIpc) is 2.73. The number of phenolic OH excluding ortho intramolecular Hbond substituents is 1. The Morgan fingerprint density at radius 3 is 2.47 bits per heavy atom. The molecule has 2 rings (SSSR count). The van der Waals surface area contributed by atoms with Crippen LogP contribution in [0.4, 0.5) is 21.0 Å². The summed E-state index contributed by atoms with van der Waals surface area (Å²) in [6, 6.07) is 8.33. The molecule has 12 heteroatoms. The van der Waals surface area contributed by atoms with Crippen LogP contribution < -0.4 is 15.8 Å². The fourth-order valence-electron chi connectivity index (χ4n) is 2.10. The second-order valence-corrected chi connectivity index (χ2v) is 6.31. The topological polar surface area (TPSA) is 130 Å². The van der Waals surface area contributed by atoms with Crippen molar-refractivity contribution in [1.29, 1.82) is 0 Å². The van der Waals surface area contributed by atoms with Gasteiger partial charge < -0.3 is 19.9 Å². The maximum atomic E-state index is 12.4. The van der Waals surface area contributed by atoms with Gasteiger partial charge in [-0.2, -0.15) is 4.99 Å². The number of rotatable bonds is 5. The van der Waals surface area contributed by atoms with Crippen LogP contribution in [0.5, 0.6) is 5.75 Å². The van der Waals surface area contributed by atoms with E-state index < -0.39 is 18.1 Å². The van der Waals surface area contributed by atoms with E-state index in [0.717, 1.165) is 25.6 Å². The Labute approximate surface area is 181 Å². The van der Waals surface area contributed by atoms with Crippen molar-refractivity contribution in [2.24, 2.45) is 4.99 Å². The summed E-state index contributed by atoms with van der Waals surface area (Å²) in [5.41, 5.74) is 2.77. The number of amides is 3. The molecule has 2 aromatic carbocycles. The quantitative estimate of drug-likeness (QED) is 0.355. The van der Waals surface area contributed by atoms with Gasteiger partial charge >= 0.3 is 12.2 Å². The summed E-state index contributed by atoms with van der Waals surface area (Å²) in [6.45, 7) is 0. The molecule has 0 heterocycles. The van der Waals surface area contributed by atoms with E-state index in [4.69, 9.17) is 23.2 Å². The lowest BCUT2D eigenvalue weighted by Crippen LogP contribution is -2.41. The van der Waals surface area contributed by atoms with Gasteiger partial charge in [-0.25, -0.2) is 20.0 Å². The molecular weight excluding hydrogens is 439 g/mol. The molecule has 0 aliphatic rings. The molecule has 30 heavy (non-hydrogen) atoms. The number of hydrogen-bond acceptors (Lipinski definition) is 6. The Bertz CT molecular complexity index is 999. The highest BCUT2D eigenvalue weighted by molar-refractivity contribution is 6.34. The molecule has 0 saturated carbocycles. The third-order valence-electron chi connectivity index (χ3n) is 3.53. The summed E-state index contributed by atoms with van der Waals surface area (Å²) < 4.78 is 8.92. The van der Waals surface area contributed by atoms with Crippen LogP contribution >= 0.6 is 23.2 Å². The van der Waals surface area contributed by atoms with E-state index in [9.17, 15) is 19.5 Å². The minimum atomic E-state index is -0.900. The number of hydrazine groups is 1. The molecule has 0 spiro atoms. The van der Waals surface area contributed by atoms with Gasteiger partial charge in [-0.3, -0.25) is 4.79 Å². The lowest BCUT2D eigenvalue weighted by Gasteiger charge is -2.20. The highest BCUT2D eigenvalue weighted by Gasteiger charge is 2.16. The van der Waals surface area contributed by atoms with Gasteiger partial charge in [0.2, 0.25) is 0 Å². The van der Waals surface area contributed by atoms with Gasteiger partial charge in [-0.1, -0.05) is 23.2 Å². The first-order chi connectivity index (χ1) is 14.2. The third kappa shape index (κ3) is 6.00. The number of phenols is 1. The number of nitrogens with one attached hydrogen (secondary N) is 2. The molecule has 0 aliphatic carbocycles. The molecule has 0 aliphatic heterocycles. The minimum Gasteiger partial charge on any atom is -0.507 e. The zero-order valence-electron chi connectivity index (χ0n) is 15.7. The molecule has 0 saturated heterocycles. The van der Waals surface area contributed by atoms with Crippen LogP contribution in [-0.2, 0) is 9.47 Å². The van der Waals surface area contributed by atoms with Crippen molar-refractivity contribution in [2.75, 3.05) is 24.5 Å². The van der Waals surface area contributed by atoms with Crippen LogP contribution in [-0.4, -0.2) is 43.8 Å². The standard InChI is InChI=1S/C18H16Cl2N4O6/c1-29-17(27)21-9-24(23-18(28)30-2)11-4-5-14(13(20)8-11)22-16(26)12-7-10(19)3-6-15(12)25/h3-9,25H,1-2H3,(H,22,26)(H,23,28). The van der Waals surface area contributed by atoms with Crippen molar-refractivity contribution >= 4 is 59.0 Å². The van der Waals surface area contributed by atoms with Gasteiger partial charge in [-0.15, -0.1) is 0 Å². The van der Waals surface area contributed by atoms with E-state index in [2.05, 4.69) is 25.2 Å². The van der Waals surface area contributed by atoms with E-state index in [0.29, 0.717) is 0 Å². The molecule has 158 valence electrons. The summed E-state index contributed by atoms with van der Waals surface area (Å²) in [7, 11) is 2.30. The van der Waals surface area contributed by atoms with Crippen molar-refractivity contribution in [1.82, 2.24) is 5.43 Å². The zero-order chi connectivity index (χ0) is 22.3. The maximum Gasteiger partial charge on any atom is 0.434 e. The summed E-state index contributed by atoms with van der Waals surface area (Å²) in [5, 5.41) is 13.8. The number of aromatic hydroxyl groups is 1. The van der Waals surface area contributed by atoms with E-state index in [1.54, 1.807) is 0 Å². The molecule has 0 bridgehead atoms. The van der Waals surface area contributed by atoms with Crippen LogP contribution in [0.1, 0.15) is 10.4 Å². The van der Waals surface area contributed by atoms with Crippen molar-refractivity contribution in [2.45, 2.75) is 0 Å². The Hall–Kier alpha value is -3.50. The number of carbonyl (C=O) groups excluding carboxylic acids is 3. The minimum absolute atomic E-state index is 0.0400. The van der Waals surface area contributed by atoms with E-state index in [1.807, 2.05) is 0 Å². The fourth-order valence-corrected chi connectivity index (χ4v) is 2.49. The number of aliphatic imine (C=N–C) groups is 1. The molecule has 10 nitrogen and oxygen atoms in total. The highest BCUT2D eigenvalue weighted by Crippen LogP contribution is 2.29. The van der Waals surface area contributed by atoms with Gasteiger partial charge in [0.25, 0.3) is 5.91 Å². The number of methoxy groups -OCH3 is 2. The number of anilines is 2. The lowest BCUT2D eigenvalue weighted by atomic mass is 10.2. The van der Waals surface area contributed by atoms with Crippen LogP contribution in [0.25, 0.3) is 0 Å². The SMILES string of the molecule is COC(=O)N=CN(NC(=O)OC)c1ccc(NC(=O)c2cc(Cl)ccc2O)c(Cl)c1. The Kier molecular flexibility index (Phi) is 7.84. The molecule has 0 unspecified atom stereocenters. The van der Waals surface area contributed by atoms with Crippen LogP contribution in [0.3, 0.4) is 0 Å². The number of halogens is 2. The maximum absolute atomic E-state index is 12.4. The highest BCUT2D eigenvalue weighted by atomic mass is 35.5. The van der Waals surface area contributed by atoms with Crippen molar-refractivity contribution in [3.63, 3.8) is 0 Å². The van der Waals surface area contributed by atoms with Gasteiger partial charge in [0, 0.05) is 5.02 Å². The molecule has 2 aromatic rings. The molecule has 0 fully saturated rings. The lowest BCUT2D eigenvalue weighted by molar-refractivity contribution is 0.102. The van der Waals surface area contributed by atoms with E-state index in [1.165, 1.54) is 36.4 Å². The monoisotopic (exact) mass is 454 g/mol. The summed E-state index contributed by atoms with van der Waals surface area (Å²) in [6.07, 6.45) is -0.754.